The standard InChI is InChI=1S/C11H10F4O2/c12-10(11(13,14)15)8-3-1-2-7(6-8)4-5-9(16)17/h1-3,6,10H,4-5H2,(H,16,17). The molecule has 0 aromatic heterocycles. The second-order valence-electron chi connectivity index (χ2n) is 3.54. The lowest BCUT2D eigenvalue weighted by atomic mass is 10.0. The Kier molecular flexibility index (Phi) is 4.09. The molecule has 1 unspecified atom stereocenters. The molecule has 0 bridgehead atoms. The molecule has 6 heteroatoms. The number of halogens is 4. The molecule has 1 rings (SSSR count). The highest BCUT2D eigenvalue weighted by molar-refractivity contribution is 5.67. The topological polar surface area (TPSA) is 37.3 Å². The van der Waals surface area contributed by atoms with Gasteiger partial charge in [0.15, 0.2) is 0 Å². The van der Waals surface area contributed by atoms with Crippen molar-refractivity contribution in [2.75, 3.05) is 0 Å². The molecule has 2 nitrogen and oxygen atoms in total. The van der Waals surface area contributed by atoms with Crippen molar-refractivity contribution in [3.05, 3.63) is 35.4 Å². The van der Waals surface area contributed by atoms with Crippen molar-refractivity contribution in [2.24, 2.45) is 0 Å². The van der Waals surface area contributed by atoms with E-state index in [2.05, 4.69) is 0 Å². The summed E-state index contributed by atoms with van der Waals surface area (Å²) in [6.07, 6.45) is -8.10. The van der Waals surface area contributed by atoms with E-state index in [9.17, 15) is 22.4 Å². The normalized spacial score (nSPS) is 13.4. The minimum Gasteiger partial charge on any atom is -0.481 e. The third-order valence-electron chi connectivity index (χ3n) is 2.16. The average Bonchev–Trinajstić information content (AvgIpc) is 2.24. The number of carboxylic acid groups (broad SMARTS) is 1. The van der Waals surface area contributed by atoms with Crippen molar-refractivity contribution in [2.45, 2.75) is 25.2 Å². The van der Waals surface area contributed by atoms with Crippen molar-refractivity contribution >= 4 is 5.97 Å². The predicted octanol–water partition coefficient (Wildman–Crippen LogP) is 3.28. The van der Waals surface area contributed by atoms with Crippen molar-refractivity contribution in [3.8, 4) is 0 Å². The molecule has 0 heterocycles. The van der Waals surface area contributed by atoms with Gasteiger partial charge in [-0.25, -0.2) is 4.39 Å². The summed E-state index contributed by atoms with van der Waals surface area (Å²) in [5, 5.41) is 8.43. The zero-order valence-corrected chi connectivity index (χ0v) is 8.67. The molecule has 0 spiro atoms. The molecule has 0 fully saturated rings. The number of benzene rings is 1. The molecule has 1 atom stereocenters. The molecule has 0 saturated carbocycles. The van der Waals surface area contributed by atoms with Gasteiger partial charge in [0.2, 0.25) is 6.17 Å². The van der Waals surface area contributed by atoms with Gasteiger partial charge in [0.1, 0.15) is 0 Å². The number of hydrogen-bond donors (Lipinski definition) is 1. The maximum Gasteiger partial charge on any atom is 0.423 e. The first kappa shape index (κ1) is 13.5. The number of alkyl halides is 4. The molecule has 17 heavy (non-hydrogen) atoms. The lowest BCUT2D eigenvalue weighted by Gasteiger charge is -2.13. The van der Waals surface area contributed by atoms with Crippen LogP contribution in [0.2, 0.25) is 0 Å². The summed E-state index contributed by atoms with van der Waals surface area (Å²) >= 11 is 0. The summed E-state index contributed by atoms with van der Waals surface area (Å²) in [6.45, 7) is 0. The maximum absolute atomic E-state index is 13.0. The minimum absolute atomic E-state index is 0.0771. The number of carboxylic acids is 1. The zero-order valence-electron chi connectivity index (χ0n) is 8.67. The first-order chi connectivity index (χ1) is 7.80. The van der Waals surface area contributed by atoms with Crippen LogP contribution in [0.4, 0.5) is 17.6 Å². The van der Waals surface area contributed by atoms with Gasteiger partial charge in [-0.05, 0) is 17.5 Å². The van der Waals surface area contributed by atoms with Gasteiger partial charge >= 0.3 is 12.1 Å². The highest BCUT2D eigenvalue weighted by Crippen LogP contribution is 2.36. The van der Waals surface area contributed by atoms with Gasteiger partial charge in [-0.1, -0.05) is 24.3 Å². The molecule has 1 aromatic rings. The van der Waals surface area contributed by atoms with E-state index in [1.807, 2.05) is 0 Å². The fourth-order valence-electron chi connectivity index (χ4n) is 1.35. The van der Waals surface area contributed by atoms with E-state index in [0.29, 0.717) is 5.56 Å². The van der Waals surface area contributed by atoms with Crippen LogP contribution in [0, 0.1) is 0 Å². The van der Waals surface area contributed by atoms with Gasteiger partial charge in [-0.15, -0.1) is 0 Å². The molecular formula is C11H10F4O2. The number of aliphatic carboxylic acids is 1. The second-order valence-corrected chi connectivity index (χ2v) is 3.54. The van der Waals surface area contributed by atoms with Gasteiger partial charge in [0, 0.05) is 6.42 Å². The van der Waals surface area contributed by atoms with Crippen LogP contribution >= 0.6 is 0 Å². The highest BCUT2D eigenvalue weighted by Gasteiger charge is 2.41. The Hall–Kier alpha value is -1.59. The fourth-order valence-corrected chi connectivity index (χ4v) is 1.35. The van der Waals surface area contributed by atoms with Crippen LogP contribution < -0.4 is 0 Å². The molecule has 1 N–H and O–H groups in total. The van der Waals surface area contributed by atoms with Crippen LogP contribution in [0.3, 0.4) is 0 Å². The predicted molar refractivity (Wildman–Crippen MR) is 52.3 cm³/mol. The first-order valence-corrected chi connectivity index (χ1v) is 4.82. The van der Waals surface area contributed by atoms with Crippen LogP contribution in [0.25, 0.3) is 0 Å². The van der Waals surface area contributed by atoms with Crippen molar-refractivity contribution in [1.82, 2.24) is 0 Å². The molecule has 0 aliphatic carbocycles. The molecule has 0 radical (unpaired) electrons. The third-order valence-corrected chi connectivity index (χ3v) is 2.16. The summed E-state index contributed by atoms with van der Waals surface area (Å²) in [6, 6.07) is 4.82. The number of rotatable bonds is 4. The summed E-state index contributed by atoms with van der Waals surface area (Å²) in [4.78, 5) is 10.3. The molecule has 0 saturated heterocycles. The van der Waals surface area contributed by atoms with Crippen molar-refractivity contribution in [1.29, 1.82) is 0 Å². The second kappa shape index (κ2) is 5.16. The van der Waals surface area contributed by atoms with Gasteiger partial charge in [-0.2, -0.15) is 13.2 Å². The summed E-state index contributed by atoms with van der Waals surface area (Å²) in [7, 11) is 0. The van der Waals surface area contributed by atoms with Gasteiger partial charge in [0.25, 0.3) is 0 Å². The van der Waals surface area contributed by atoms with E-state index in [-0.39, 0.29) is 12.8 Å². The Bertz CT molecular complexity index is 401. The van der Waals surface area contributed by atoms with E-state index in [1.165, 1.54) is 12.1 Å². The van der Waals surface area contributed by atoms with Gasteiger partial charge < -0.3 is 5.11 Å². The van der Waals surface area contributed by atoms with E-state index < -0.39 is 23.9 Å². The van der Waals surface area contributed by atoms with E-state index in [1.54, 1.807) is 0 Å². The van der Waals surface area contributed by atoms with Crippen LogP contribution in [0.15, 0.2) is 24.3 Å². The largest absolute Gasteiger partial charge is 0.481 e. The van der Waals surface area contributed by atoms with Gasteiger partial charge in [0.05, 0.1) is 0 Å². The molecule has 0 aliphatic rings. The summed E-state index contributed by atoms with van der Waals surface area (Å²) < 4.78 is 49.3. The number of hydrogen-bond acceptors (Lipinski definition) is 1. The quantitative estimate of drug-likeness (QED) is 0.832. The smallest absolute Gasteiger partial charge is 0.423 e. The minimum atomic E-state index is -4.94. The lowest BCUT2D eigenvalue weighted by molar-refractivity contribution is -0.182. The summed E-state index contributed by atoms with van der Waals surface area (Å²) in [5.74, 6) is -1.05. The van der Waals surface area contributed by atoms with Crippen molar-refractivity contribution in [3.63, 3.8) is 0 Å². The van der Waals surface area contributed by atoms with Crippen LogP contribution in [-0.2, 0) is 11.2 Å². The van der Waals surface area contributed by atoms with E-state index in [0.717, 1.165) is 12.1 Å². The molecule has 94 valence electrons. The van der Waals surface area contributed by atoms with Crippen LogP contribution in [0.1, 0.15) is 23.7 Å². The van der Waals surface area contributed by atoms with E-state index >= 15 is 0 Å². The maximum atomic E-state index is 13.0. The Morgan fingerprint density at radius 3 is 2.53 bits per heavy atom. The first-order valence-electron chi connectivity index (χ1n) is 4.82. The highest BCUT2D eigenvalue weighted by atomic mass is 19.4. The SMILES string of the molecule is O=C(O)CCc1cccc(C(F)C(F)(F)F)c1. The lowest BCUT2D eigenvalue weighted by Crippen LogP contribution is -2.16. The molecule has 0 amide bonds. The Morgan fingerprint density at radius 2 is 2.00 bits per heavy atom. The van der Waals surface area contributed by atoms with Gasteiger partial charge in [-0.3, -0.25) is 4.79 Å². The molecule has 1 aromatic carbocycles. The van der Waals surface area contributed by atoms with E-state index in [4.69, 9.17) is 5.11 Å². The monoisotopic (exact) mass is 250 g/mol. The van der Waals surface area contributed by atoms with Crippen LogP contribution in [0.5, 0.6) is 0 Å². The van der Waals surface area contributed by atoms with Crippen LogP contribution in [-0.4, -0.2) is 17.3 Å². The molecule has 0 aliphatic heterocycles. The Morgan fingerprint density at radius 1 is 1.35 bits per heavy atom. The fraction of sp³-hybridized carbons (Fsp3) is 0.364. The Labute approximate surface area is 94.9 Å². The zero-order chi connectivity index (χ0) is 13.1. The number of aryl methyl sites for hydroxylation is 1. The molecular weight excluding hydrogens is 240 g/mol. The third kappa shape index (κ3) is 4.05. The van der Waals surface area contributed by atoms with Crippen molar-refractivity contribution < 1.29 is 27.5 Å². The number of carbonyl (C=O) groups is 1. The summed E-state index contributed by atoms with van der Waals surface area (Å²) in [5.41, 5.74) is -0.128. The average molecular weight is 250 g/mol. The Balaban J connectivity index is 2.82.